The van der Waals surface area contributed by atoms with Gasteiger partial charge in [0.25, 0.3) is 0 Å². The summed E-state index contributed by atoms with van der Waals surface area (Å²) in [5.41, 5.74) is 0.813. The molecule has 0 radical (unpaired) electrons. The number of rotatable bonds is 4. The highest BCUT2D eigenvalue weighted by Gasteiger charge is 2.42. The first-order chi connectivity index (χ1) is 10.9. The Hall–Kier alpha value is -2.05. The van der Waals surface area contributed by atoms with Crippen LogP contribution < -0.4 is 5.32 Å². The second kappa shape index (κ2) is 7.48. The van der Waals surface area contributed by atoms with Gasteiger partial charge in [-0.3, -0.25) is 9.59 Å². The van der Waals surface area contributed by atoms with Crippen molar-refractivity contribution in [3.63, 3.8) is 0 Å². The first-order valence-electron chi connectivity index (χ1n) is 7.51. The first kappa shape index (κ1) is 17.3. The van der Waals surface area contributed by atoms with Crippen LogP contribution in [0.25, 0.3) is 0 Å². The van der Waals surface area contributed by atoms with Gasteiger partial charge >= 0.3 is 6.18 Å². The van der Waals surface area contributed by atoms with Crippen LogP contribution in [0.2, 0.25) is 0 Å². The Kier molecular flexibility index (Phi) is 5.63. The summed E-state index contributed by atoms with van der Waals surface area (Å²) in [7, 11) is 0. The summed E-state index contributed by atoms with van der Waals surface area (Å²) >= 11 is 0. The van der Waals surface area contributed by atoms with E-state index in [1.54, 1.807) is 24.3 Å². The molecule has 0 aliphatic carbocycles. The summed E-state index contributed by atoms with van der Waals surface area (Å²) in [5.74, 6) is -2.27. The summed E-state index contributed by atoms with van der Waals surface area (Å²) in [6, 6.07) is 9.02. The van der Waals surface area contributed by atoms with Crippen molar-refractivity contribution in [2.24, 2.45) is 5.92 Å². The number of amides is 2. The lowest BCUT2D eigenvalue weighted by Gasteiger charge is -2.33. The Bertz CT molecular complexity index is 546. The Morgan fingerprint density at radius 1 is 1.22 bits per heavy atom. The van der Waals surface area contributed by atoms with Gasteiger partial charge in [0, 0.05) is 13.1 Å². The molecule has 1 saturated heterocycles. The predicted octanol–water partition coefficient (Wildman–Crippen LogP) is 2.15. The zero-order valence-corrected chi connectivity index (χ0v) is 12.6. The number of hydrogen-bond acceptors (Lipinski definition) is 2. The van der Waals surface area contributed by atoms with Crippen molar-refractivity contribution < 1.29 is 22.8 Å². The maximum absolute atomic E-state index is 12.7. The molecule has 1 aliphatic rings. The number of benzene rings is 1. The van der Waals surface area contributed by atoms with E-state index < -0.39 is 18.0 Å². The van der Waals surface area contributed by atoms with Crippen LogP contribution in [0.3, 0.4) is 0 Å². The van der Waals surface area contributed by atoms with E-state index in [0.29, 0.717) is 13.0 Å². The number of piperidine rings is 1. The molecule has 1 aromatic rings. The average Bonchev–Trinajstić information content (AvgIpc) is 2.53. The highest BCUT2D eigenvalue weighted by Crippen LogP contribution is 2.32. The monoisotopic (exact) mass is 328 g/mol. The smallest absolute Gasteiger partial charge is 0.347 e. The molecule has 0 spiro atoms. The fourth-order valence-electron chi connectivity index (χ4n) is 2.60. The summed E-state index contributed by atoms with van der Waals surface area (Å²) in [5, 5.41) is 2.47. The van der Waals surface area contributed by atoms with Crippen LogP contribution in [0.15, 0.2) is 30.3 Å². The molecule has 7 heteroatoms. The van der Waals surface area contributed by atoms with Gasteiger partial charge in [0.05, 0.1) is 18.9 Å². The minimum absolute atomic E-state index is 0.0493. The van der Waals surface area contributed by atoms with E-state index in [9.17, 15) is 22.8 Å². The molecule has 1 fully saturated rings. The van der Waals surface area contributed by atoms with Gasteiger partial charge in [-0.1, -0.05) is 30.3 Å². The number of nitrogens with one attached hydrogen (secondary N) is 1. The largest absolute Gasteiger partial charge is 0.393 e. The SMILES string of the molecule is O=C(Cc1ccccc1)NCC(=O)N1CCCC(C(F)(F)F)C1. The van der Waals surface area contributed by atoms with Crippen LogP contribution in [-0.4, -0.2) is 42.5 Å². The molecular weight excluding hydrogens is 309 g/mol. The Balaban J connectivity index is 1.79. The van der Waals surface area contributed by atoms with Crippen LogP contribution in [0, 0.1) is 5.92 Å². The van der Waals surface area contributed by atoms with Gasteiger partial charge in [-0.2, -0.15) is 13.2 Å². The molecule has 1 N–H and O–H groups in total. The molecular formula is C16H19F3N2O2. The molecule has 0 saturated carbocycles. The van der Waals surface area contributed by atoms with Crippen LogP contribution >= 0.6 is 0 Å². The summed E-state index contributed by atoms with van der Waals surface area (Å²) < 4.78 is 38.2. The van der Waals surface area contributed by atoms with Gasteiger partial charge < -0.3 is 10.2 Å². The molecule has 126 valence electrons. The normalized spacial score (nSPS) is 18.6. The van der Waals surface area contributed by atoms with Crippen molar-refractivity contribution >= 4 is 11.8 Å². The zero-order chi connectivity index (χ0) is 16.9. The number of nitrogens with zero attached hydrogens (tertiary/aromatic N) is 1. The fourth-order valence-corrected chi connectivity index (χ4v) is 2.60. The Morgan fingerprint density at radius 2 is 1.91 bits per heavy atom. The molecule has 23 heavy (non-hydrogen) atoms. The molecule has 2 amide bonds. The summed E-state index contributed by atoms with van der Waals surface area (Å²) in [6.45, 7) is -0.285. The number of likely N-dealkylation sites (tertiary alicyclic amines) is 1. The van der Waals surface area contributed by atoms with Crippen molar-refractivity contribution in [3.8, 4) is 0 Å². The van der Waals surface area contributed by atoms with Crippen LogP contribution in [0.5, 0.6) is 0 Å². The number of hydrogen-bond donors (Lipinski definition) is 1. The summed E-state index contributed by atoms with van der Waals surface area (Å²) in [6.07, 6.45) is -3.77. The summed E-state index contributed by atoms with van der Waals surface area (Å²) in [4.78, 5) is 24.9. The molecule has 2 rings (SSSR count). The highest BCUT2D eigenvalue weighted by molar-refractivity contribution is 5.85. The van der Waals surface area contributed by atoms with E-state index in [0.717, 1.165) is 5.56 Å². The fraction of sp³-hybridized carbons (Fsp3) is 0.500. The predicted molar refractivity (Wildman–Crippen MR) is 78.5 cm³/mol. The van der Waals surface area contributed by atoms with Crippen molar-refractivity contribution in [3.05, 3.63) is 35.9 Å². The van der Waals surface area contributed by atoms with E-state index in [1.165, 1.54) is 4.90 Å². The van der Waals surface area contributed by atoms with Crippen molar-refractivity contribution in [1.82, 2.24) is 10.2 Å². The van der Waals surface area contributed by atoms with Crippen LogP contribution in [0.4, 0.5) is 13.2 Å². The van der Waals surface area contributed by atoms with Gasteiger partial charge in [0.15, 0.2) is 0 Å². The topological polar surface area (TPSA) is 49.4 Å². The maximum atomic E-state index is 12.7. The third-order valence-corrected chi connectivity index (χ3v) is 3.88. The zero-order valence-electron chi connectivity index (χ0n) is 12.6. The Labute approximate surface area is 132 Å². The highest BCUT2D eigenvalue weighted by atomic mass is 19.4. The molecule has 0 aromatic heterocycles. The average molecular weight is 328 g/mol. The van der Waals surface area contributed by atoms with E-state index in [4.69, 9.17) is 0 Å². The van der Waals surface area contributed by atoms with E-state index >= 15 is 0 Å². The van der Waals surface area contributed by atoms with Gasteiger partial charge in [-0.15, -0.1) is 0 Å². The number of carbonyl (C=O) groups excluding carboxylic acids is 2. The lowest BCUT2D eigenvalue weighted by molar-refractivity contribution is -0.188. The van der Waals surface area contributed by atoms with E-state index in [-0.39, 0.29) is 31.8 Å². The molecule has 1 unspecified atom stereocenters. The third kappa shape index (κ3) is 5.26. The number of carbonyl (C=O) groups is 2. The van der Waals surface area contributed by atoms with Crippen molar-refractivity contribution in [2.75, 3.05) is 19.6 Å². The molecule has 4 nitrogen and oxygen atoms in total. The lowest BCUT2D eigenvalue weighted by atomic mass is 9.97. The third-order valence-electron chi connectivity index (χ3n) is 3.88. The van der Waals surface area contributed by atoms with E-state index in [2.05, 4.69) is 5.32 Å². The number of halogens is 3. The molecule has 0 bridgehead atoms. The second-order valence-electron chi connectivity index (χ2n) is 5.66. The maximum Gasteiger partial charge on any atom is 0.393 e. The molecule has 1 heterocycles. The lowest BCUT2D eigenvalue weighted by Crippen LogP contribution is -2.48. The minimum Gasteiger partial charge on any atom is -0.347 e. The van der Waals surface area contributed by atoms with Crippen LogP contribution in [0.1, 0.15) is 18.4 Å². The number of alkyl halides is 3. The standard InChI is InChI=1S/C16H19F3N2O2/c17-16(18,19)13-7-4-8-21(11-13)15(23)10-20-14(22)9-12-5-2-1-3-6-12/h1-3,5-6,13H,4,7-11H2,(H,20,22). The quantitative estimate of drug-likeness (QED) is 0.921. The second-order valence-corrected chi connectivity index (χ2v) is 5.66. The molecule has 1 atom stereocenters. The van der Waals surface area contributed by atoms with Gasteiger partial charge in [-0.25, -0.2) is 0 Å². The van der Waals surface area contributed by atoms with Gasteiger partial charge in [0.2, 0.25) is 11.8 Å². The van der Waals surface area contributed by atoms with Crippen LogP contribution in [-0.2, 0) is 16.0 Å². The Morgan fingerprint density at radius 3 is 2.57 bits per heavy atom. The molecule has 1 aromatic carbocycles. The minimum atomic E-state index is -4.28. The van der Waals surface area contributed by atoms with Gasteiger partial charge in [-0.05, 0) is 18.4 Å². The molecule has 1 aliphatic heterocycles. The van der Waals surface area contributed by atoms with Gasteiger partial charge in [0.1, 0.15) is 0 Å². The van der Waals surface area contributed by atoms with Crippen molar-refractivity contribution in [2.45, 2.75) is 25.4 Å². The van der Waals surface area contributed by atoms with E-state index in [1.807, 2.05) is 6.07 Å². The van der Waals surface area contributed by atoms with Crippen molar-refractivity contribution in [1.29, 1.82) is 0 Å². The first-order valence-corrected chi connectivity index (χ1v) is 7.51.